The molecule has 0 aromatic heterocycles. The van der Waals surface area contributed by atoms with Crippen LogP contribution in [-0.4, -0.2) is 29.1 Å². The first-order valence-corrected chi connectivity index (χ1v) is 6.59. The summed E-state index contributed by atoms with van der Waals surface area (Å²) in [5.41, 5.74) is 1.29. The molecule has 1 aliphatic rings. The minimum absolute atomic E-state index is 0.0153. The van der Waals surface area contributed by atoms with Crippen LogP contribution in [0.1, 0.15) is 12.0 Å². The lowest BCUT2D eigenvalue weighted by Crippen LogP contribution is -2.26. The molecule has 19 heavy (non-hydrogen) atoms. The molecule has 6 nitrogen and oxygen atoms in total. The number of nitro groups is 1. The molecule has 1 unspecified atom stereocenters. The highest BCUT2D eigenvalue weighted by Crippen LogP contribution is 2.37. The van der Waals surface area contributed by atoms with Crippen LogP contribution < -0.4 is 4.90 Å². The van der Waals surface area contributed by atoms with Gasteiger partial charge in [0.05, 0.1) is 10.6 Å². The molecule has 0 spiro atoms. The number of hydrogen-bond donors (Lipinski definition) is 1. The molecule has 1 N–H and O–H groups in total. The molecule has 0 aliphatic carbocycles. The summed E-state index contributed by atoms with van der Waals surface area (Å²) in [6.45, 7) is 2.13. The summed E-state index contributed by atoms with van der Waals surface area (Å²) in [6, 6.07) is 2.83. The normalized spacial score (nSPS) is 19.0. The van der Waals surface area contributed by atoms with E-state index in [4.69, 9.17) is 5.11 Å². The molecule has 0 saturated carbocycles. The first-order valence-electron chi connectivity index (χ1n) is 5.79. The number of amides is 1. The average molecular weight is 329 g/mol. The second kappa shape index (κ2) is 5.26. The maximum Gasteiger partial charge on any atom is 0.270 e. The van der Waals surface area contributed by atoms with Crippen LogP contribution in [0.2, 0.25) is 0 Å². The predicted molar refractivity (Wildman–Crippen MR) is 73.1 cm³/mol. The Bertz CT molecular complexity index is 524. The molecule has 2 rings (SSSR count). The Balaban J connectivity index is 2.41. The van der Waals surface area contributed by atoms with Crippen molar-refractivity contribution in [2.75, 3.05) is 18.1 Å². The van der Waals surface area contributed by atoms with Gasteiger partial charge in [-0.3, -0.25) is 14.9 Å². The van der Waals surface area contributed by atoms with Gasteiger partial charge in [0.15, 0.2) is 0 Å². The Morgan fingerprint density at radius 2 is 2.26 bits per heavy atom. The molecule has 1 amide bonds. The van der Waals surface area contributed by atoms with Crippen molar-refractivity contribution in [1.29, 1.82) is 0 Å². The number of aliphatic hydroxyl groups excluding tert-OH is 1. The van der Waals surface area contributed by atoms with Crippen molar-refractivity contribution in [1.82, 2.24) is 0 Å². The third-order valence-electron chi connectivity index (χ3n) is 3.18. The highest BCUT2D eigenvalue weighted by molar-refractivity contribution is 9.10. The van der Waals surface area contributed by atoms with E-state index in [9.17, 15) is 14.9 Å². The van der Waals surface area contributed by atoms with Crippen molar-refractivity contribution < 1.29 is 14.8 Å². The van der Waals surface area contributed by atoms with E-state index < -0.39 is 4.92 Å². The van der Waals surface area contributed by atoms with Crippen LogP contribution in [0.3, 0.4) is 0 Å². The molecule has 1 heterocycles. The standard InChI is InChI=1S/C12H13BrN2O4/c1-7-2-9(15(18)19)4-10(13)12(7)14-5-8(6-16)3-11(14)17/h2,4,8,16H,3,5-6H2,1H3. The topological polar surface area (TPSA) is 83.7 Å². The fraction of sp³-hybridized carbons (Fsp3) is 0.417. The quantitative estimate of drug-likeness (QED) is 0.679. The minimum Gasteiger partial charge on any atom is -0.396 e. The Hall–Kier alpha value is -1.47. The summed E-state index contributed by atoms with van der Waals surface area (Å²) in [5.74, 6) is -0.148. The van der Waals surface area contributed by atoms with Crippen LogP contribution in [0, 0.1) is 23.0 Å². The van der Waals surface area contributed by atoms with E-state index in [-0.39, 0.29) is 24.1 Å². The van der Waals surface area contributed by atoms with Gasteiger partial charge in [-0.05, 0) is 28.4 Å². The van der Waals surface area contributed by atoms with Gasteiger partial charge in [-0.15, -0.1) is 0 Å². The number of nitrogens with zero attached hydrogens (tertiary/aromatic N) is 2. The van der Waals surface area contributed by atoms with Crippen LogP contribution in [0.25, 0.3) is 0 Å². The van der Waals surface area contributed by atoms with Gasteiger partial charge in [-0.2, -0.15) is 0 Å². The number of carbonyl (C=O) groups excluding carboxylic acids is 1. The zero-order valence-corrected chi connectivity index (χ0v) is 11.9. The van der Waals surface area contributed by atoms with E-state index in [2.05, 4.69) is 15.9 Å². The van der Waals surface area contributed by atoms with Crippen LogP contribution >= 0.6 is 15.9 Å². The van der Waals surface area contributed by atoms with Gasteiger partial charge in [0.25, 0.3) is 5.69 Å². The number of hydrogen-bond acceptors (Lipinski definition) is 4. The van der Waals surface area contributed by atoms with E-state index in [1.165, 1.54) is 12.1 Å². The van der Waals surface area contributed by atoms with Gasteiger partial charge in [-0.25, -0.2) is 0 Å². The number of nitro benzene ring substituents is 1. The fourth-order valence-corrected chi connectivity index (χ4v) is 3.05. The van der Waals surface area contributed by atoms with Crippen LogP contribution in [0.15, 0.2) is 16.6 Å². The highest BCUT2D eigenvalue weighted by Gasteiger charge is 2.32. The maximum absolute atomic E-state index is 11.9. The molecular weight excluding hydrogens is 316 g/mol. The lowest BCUT2D eigenvalue weighted by molar-refractivity contribution is -0.385. The number of benzene rings is 1. The maximum atomic E-state index is 11.9. The number of rotatable bonds is 3. The van der Waals surface area contributed by atoms with Gasteiger partial charge < -0.3 is 10.0 Å². The Labute approximate surface area is 118 Å². The largest absolute Gasteiger partial charge is 0.396 e. The van der Waals surface area contributed by atoms with E-state index in [1.54, 1.807) is 11.8 Å². The van der Waals surface area contributed by atoms with E-state index in [0.717, 1.165) is 0 Å². The lowest BCUT2D eigenvalue weighted by atomic mass is 10.1. The molecule has 7 heteroatoms. The Kier molecular flexibility index (Phi) is 3.86. The zero-order chi connectivity index (χ0) is 14.2. The molecular formula is C12H13BrN2O4. The number of carbonyl (C=O) groups is 1. The number of aryl methyl sites for hydroxylation is 1. The van der Waals surface area contributed by atoms with Crippen LogP contribution in [-0.2, 0) is 4.79 Å². The van der Waals surface area contributed by atoms with Crippen molar-refractivity contribution in [3.05, 3.63) is 32.3 Å². The third kappa shape index (κ3) is 2.62. The second-order valence-electron chi connectivity index (χ2n) is 4.61. The van der Waals surface area contributed by atoms with Crippen molar-refractivity contribution in [3.63, 3.8) is 0 Å². The van der Waals surface area contributed by atoms with E-state index in [0.29, 0.717) is 28.7 Å². The van der Waals surface area contributed by atoms with Gasteiger partial charge in [0.1, 0.15) is 0 Å². The molecule has 1 aromatic carbocycles. The van der Waals surface area contributed by atoms with E-state index in [1.807, 2.05) is 0 Å². The van der Waals surface area contributed by atoms with Gasteiger partial charge in [0.2, 0.25) is 5.91 Å². The molecule has 1 aromatic rings. The molecule has 102 valence electrons. The smallest absolute Gasteiger partial charge is 0.270 e. The van der Waals surface area contributed by atoms with Gasteiger partial charge >= 0.3 is 0 Å². The second-order valence-corrected chi connectivity index (χ2v) is 5.46. The first kappa shape index (κ1) is 14.0. The molecule has 0 bridgehead atoms. The summed E-state index contributed by atoms with van der Waals surface area (Å²) in [7, 11) is 0. The van der Waals surface area contributed by atoms with Crippen molar-refractivity contribution in [2.45, 2.75) is 13.3 Å². The summed E-state index contributed by atoms with van der Waals surface area (Å²) in [5, 5.41) is 19.9. The summed E-state index contributed by atoms with van der Waals surface area (Å²) >= 11 is 3.28. The lowest BCUT2D eigenvalue weighted by Gasteiger charge is -2.20. The Morgan fingerprint density at radius 3 is 2.74 bits per heavy atom. The molecule has 1 saturated heterocycles. The monoisotopic (exact) mass is 328 g/mol. The summed E-state index contributed by atoms with van der Waals surface area (Å²) in [6.07, 6.45) is 0.305. The van der Waals surface area contributed by atoms with Crippen LogP contribution in [0.5, 0.6) is 0 Å². The molecule has 1 fully saturated rings. The summed E-state index contributed by atoms with van der Waals surface area (Å²) in [4.78, 5) is 23.8. The number of aliphatic hydroxyl groups is 1. The van der Waals surface area contributed by atoms with Crippen LogP contribution in [0.4, 0.5) is 11.4 Å². The minimum atomic E-state index is -0.468. The average Bonchev–Trinajstić information content (AvgIpc) is 2.70. The van der Waals surface area contributed by atoms with Gasteiger partial charge in [-0.1, -0.05) is 0 Å². The SMILES string of the molecule is Cc1cc([N+](=O)[O-])cc(Br)c1N1CC(CO)CC1=O. The number of anilines is 1. The molecule has 0 radical (unpaired) electrons. The van der Waals surface area contributed by atoms with E-state index >= 15 is 0 Å². The summed E-state index contributed by atoms with van der Waals surface area (Å²) < 4.78 is 0.520. The highest BCUT2D eigenvalue weighted by atomic mass is 79.9. The Morgan fingerprint density at radius 1 is 1.58 bits per heavy atom. The first-order chi connectivity index (χ1) is 8.93. The molecule has 1 atom stereocenters. The molecule has 1 aliphatic heterocycles. The predicted octanol–water partition coefficient (Wildman–Crippen LogP) is 2.01. The number of halogens is 1. The van der Waals surface area contributed by atoms with Crippen molar-refractivity contribution in [2.24, 2.45) is 5.92 Å². The van der Waals surface area contributed by atoms with Crippen molar-refractivity contribution >= 4 is 33.2 Å². The third-order valence-corrected chi connectivity index (χ3v) is 3.79. The van der Waals surface area contributed by atoms with Crippen molar-refractivity contribution in [3.8, 4) is 0 Å². The number of non-ortho nitro benzene ring substituents is 1. The van der Waals surface area contributed by atoms with Gasteiger partial charge in [0, 0.05) is 42.1 Å². The zero-order valence-electron chi connectivity index (χ0n) is 10.3. The fourth-order valence-electron chi connectivity index (χ4n) is 2.29.